The Kier molecular flexibility index (Phi) is 4.92. The van der Waals surface area contributed by atoms with Gasteiger partial charge in [-0.3, -0.25) is 14.9 Å². The van der Waals surface area contributed by atoms with Crippen molar-refractivity contribution < 1.29 is 23.8 Å². The zero-order chi connectivity index (χ0) is 15.9. The van der Waals surface area contributed by atoms with Crippen molar-refractivity contribution in [1.29, 1.82) is 0 Å². The van der Waals surface area contributed by atoms with Crippen molar-refractivity contribution in [2.75, 3.05) is 6.73 Å². The maximum atomic E-state index is 12.0. The molecule has 0 unspecified atom stereocenters. The van der Waals surface area contributed by atoms with E-state index >= 15 is 0 Å². The van der Waals surface area contributed by atoms with Crippen LogP contribution in [0.3, 0.4) is 0 Å². The molecule has 0 aliphatic rings. The van der Waals surface area contributed by atoms with Gasteiger partial charge in [-0.1, -0.05) is 30.3 Å². The molecule has 7 heteroatoms. The molecule has 2 aromatic rings. The molecule has 1 heterocycles. The van der Waals surface area contributed by atoms with Gasteiger partial charge >= 0.3 is 12.7 Å². The molecule has 0 N–H and O–H groups in total. The number of rotatable bonds is 6. The number of hydrogen-bond donors (Lipinski definition) is 0. The van der Waals surface area contributed by atoms with Crippen LogP contribution >= 0.6 is 0 Å². The topological polar surface area (TPSA) is 90.4 Å². The first-order valence-electron chi connectivity index (χ1n) is 6.42. The number of esters is 1. The fourth-order valence-corrected chi connectivity index (χ4v) is 1.77. The highest BCUT2D eigenvalue weighted by atomic mass is 16.7. The van der Waals surface area contributed by atoms with Crippen LogP contribution in [0.5, 0.6) is 0 Å². The summed E-state index contributed by atoms with van der Waals surface area (Å²) >= 11 is 0. The molecule has 0 bridgehead atoms. The molecule has 22 heavy (non-hydrogen) atoms. The molecule has 0 radical (unpaired) electrons. The number of Topliss-reactive ketones (excluding diaryl/α,β-unsaturated/α-hetero) is 1. The minimum absolute atomic E-state index is 0.0609. The summed E-state index contributed by atoms with van der Waals surface area (Å²) in [7, 11) is 0. The summed E-state index contributed by atoms with van der Waals surface area (Å²) in [5, 5.41) is 10.1. The Hall–Kier alpha value is -3.09. The number of nitrogens with zero attached hydrogens (tertiary/aromatic N) is 2. The summed E-state index contributed by atoms with van der Waals surface area (Å²) in [5.74, 6) is -0.840. The zero-order valence-corrected chi connectivity index (χ0v) is 11.5. The fourth-order valence-electron chi connectivity index (χ4n) is 1.77. The second kappa shape index (κ2) is 7.07. The van der Waals surface area contributed by atoms with Crippen LogP contribution in [0.25, 0.3) is 0 Å². The number of ketones is 1. The van der Waals surface area contributed by atoms with Crippen molar-refractivity contribution in [2.45, 2.75) is 6.54 Å². The maximum Gasteiger partial charge on any atom is 0.347 e. The Labute approximate surface area is 125 Å². The van der Waals surface area contributed by atoms with Crippen LogP contribution < -0.4 is 4.57 Å². The number of pyridine rings is 1. The van der Waals surface area contributed by atoms with Crippen LogP contribution in [0.4, 0.5) is 0 Å². The van der Waals surface area contributed by atoms with Gasteiger partial charge in [-0.15, -0.1) is 0 Å². The lowest BCUT2D eigenvalue weighted by Gasteiger charge is -2.00. The average Bonchev–Trinajstić information content (AvgIpc) is 2.54. The van der Waals surface area contributed by atoms with Gasteiger partial charge in [-0.25, -0.2) is 4.79 Å². The average molecular weight is 301 g/mol. The standard InChI is InChI=1S/C15H13N2O5/c18-14(12-4-2-1-3-5-12)10-16-8-6-13(7-9-16)15(19)22-11-17(20)21/h1-9H,10-11H2/q+1. The van der Waals surface area contributed by atoms with Crippen molar-refractivity contribution in [2.24, 2.45) is 0 Å². The van der Waals surface area contributed by atoms with Gasteiger partial charge in [0.15, 0.2) is 12.4 Å². The Morgan fingerprint density at radius 2 is 1.68 bits per heavy atom. The molecule has 1 aromatic carbocycles. The van der Waals surface area contributed by atoms with Gasteiger partial charge in [0, 0.05) is 17.7 Å². The number of carbonyl (C=O) groups is 2. The summed E-state index contributed by atoms with van der Waals surface area (Å²) in [5.41, 5.74) is 0.787. The molecule has 1 aromatic heterocycles. The van der Waals surface area contributed by atoms with E-state index in [4.69, 9.17) is 0 Å². The van der Waals surface area contributed by atoms with Crippen LogP contribution in [0, 0.1) is 10.1 Å². The zero-order valence-electron chi connectivity index (χ0n) is 11.5. The van der Waals surface area contributed by atoms with Crippen molar-refractivity contribution in [1.82, 2.24) is 0 Å². The van der Waals surface area contributed by atoms with Gasteiger partial charge in [0.2, 0.25) is 12.3 Å². The van der Waals surface area contributed by atoms with E-state index in [0.717, 1.165) is 0 Å². The lowest BCUT2D eigenvalue weighted by Crippen LogP contribution is -2.37. The monoisotopic (exact) mass is 301 g/mol. The molecule has 7 nitrogen and oxygen atoms in total. The highest BCUT2D eigenvalue weighted by Gasteiger charge is 2.14. The van der Waals surface area contributed by atoms with Gasteiger partial charge in [0.1, 0.15) is 0 Å². The molecule has 0 spiro atoms. The summed E-state index contributed by atoms with van der Waals surface area (Å²) in [6.45, 7) is -0.742. The molecule has 0 aliphatic heterocycles. The van der Waals surface area contributed by atoms with Gasteiger partial charge in [0.05, 0.1) is 10.5 Å². The molecule has 0 atom stereocenters. The van der Waals surface area contributed by atoms with E-state index < -0.39 is 17.6 Å². The quantitative estimate of drug-likeness (QED) is 0.200. The number of benzene rings is 1. The van der Waals surface area contributed by atoms with Crippen molar-refractivity contribution in [3.8, 4) is 0 Å². The summed E-state index contributed by atoms with van der Waals surface area (Å²) < 4.78 is 6.08. The molecule has 2 rings (SSSR count). The molecule has 0 aliphatic carbocycles. The van der Waals surface area contributed by atoms with E-state index in [-0.39, 0.29) is 17.9 Å². The third kappa shape index (κ3) is 4.20. The van der Waals surface area contributed by atoms with Gasteiger partial charge in [0.25, 0.3) is 0 Å². The van der Waals surface area contributed by atoms with Crippen LogP contribution in [-0.4, -0.2) is 23.4 Å². The van der Waals surface area contributed by atoms with E-state index in [1.165, 1.54) is 12.1 Å². The van der Waals surface area contributed by atoms with E-state index in [0.29, 0.717) is 5.56 Å². The first-order valence-corrected chi connectivity index (χ1v) is 6.42. The predicted octanol–water partition coefficient (Wildman–Crippen LogP) is 1.25. The third-order valence-electron chi connectivity index (χ3n) is 2.85. The van der Waals surface area contributed by atoms with Gasteiger partial charge in [-0.2, -0.15) is 4.57 Å². The Morgan fingerprint density at radius 1 is 1.05 bits per heavy atom. The predicted molar refractivity (Wildman–Crippen MR) is 74.7 cm³/mol. The number of ether oxygens (including phenoxy) is 1. The second-order valence-corrected chi connectivity index (χ2v) is 4.44. The summed E-state index contributed by atoms with van der Waals surface area (Å²) in [6, 6.07) is 11.7. The molecular formula is C15H13N2O5+. The molecule has 0 amide bonds. The lowest BCUT2D eigenvalue weighted by molar-refractivity contribution is -0.683. The van der Waals surface area contributed by atoms with E-state index in [1.54, 1.807) is 41.2 Å². The number of aromatic nitrogens is 1. The Balaban J connectivity index is 1.98. The van der Waals surface area contributed by atoms with Crippen LogP contribution in [0.15, 0.2) is 54.9 Å². The number of hydrogen-bond acceptors (Lipinski definition) is 5. The second-order valence-electron chi connectivity index (χ2n) is 4.44. The lowest BCUT2D eigenvalue weighted by atomic mass is 10.1. The molecule has 0 saturated carbocycles. The highest BCUT2D eigenvalue weighted by Crippen LogP contribution is 2.01. The van der Waals surface area contributed by atoms with Crippen molar-refractivity contribution in [3.05, 3.63) is 76.1 Å². The van der Waals surface area contributed by atoms with E-state index in [9.17, 15) is 19.7 Å². The molecule has 0 fully saturated rings. The van der Waals surface area contributed by atoms with Crippen molar-refractivity contribution >= 4 is 11.8 Å². The first-order chi connectivity index (χ1) is 10.6. The van der Waals surface area contributed by atoms with E-state index in [2.05, 4.69) is 4.74 Å². The van der Waals surface area contributed by atoms with Crippen LogP contribution in [0.2, 0.25) is 0 Å². The Bertz CT molecular complexity index is 683. The normalized spacial score (nSPS) is 10.0. The summed E-state index contributed by atoms with van der Waals surface area (Å²) in [4.78, 5) is 32.9. The fraction of sp³-hybridized carbons (Fsp3) is 0.133. The molecule has 112 valence electrons. The summed E-state index contributed by atoms with van der Waals surface area (Å²) in [6.07, 6.45) is 3.09. The SMILES string of the molecule is O=C(C[n+]1ccc(C(=O)OC[N+](=O)[O-])cc1)c1ccccc1. The minimum atomic E-state index is -0.875. The minimum Gasteiger partial charge on any atom is -0.397 e. The smallest absolute Gasteiger partial charge is 0.347 e. The first kappa shape index (κ1) is 15.3. The maximum absolute atomic E-state index is 12.0. The molecular weight excluding hydrogens is 288 g/mol. The van der Waals surface area contributed by atoms with Crippen molar-refractivity contribution in [3.63, 3.8) is 0 Å². The highest BCUT2D eigenvalue weighted by molar-refractivity contribution is 5.95. The van der Waals surface area contributed by atoms with E-state index in [1.807, 2.05) is 6.07 Å². The van der Waals surface area contributed by atoms with Gasteiger partial charge in [-0.05, 0) is 0 Å². The van der Waals surface area contributed by atoms with Gasteiger partial charge < -0.3 is 4.74 Å². The Morgan fingerprint density at radius 3 is 2.27 bits per heavy atom. The molecule has 0 saturated heterocycles. The third-order valence-corrected chi connectivity index (χ3v) is 2.85. The number of carbonyl (C=O) groups excluding carboxylic acids is 2. The number of nitro groups is 1. The largest absolute Gasteiger partial charge is 0.397 e. The van der Waals surface area contributed by atoms with Crippen LogP contribution in [0.1, 0.15) is 20.7 Å². The van der Waals surface area contributed by atoms with Crippen LogP contribution in [-0.2, 0) is 11.3 Å².